The van der Waals surface area contributed by atoms with Gasteiger partial charge in [-0.15, -0.1) is 5.10 Å². The second-order valence-corrected chi connectivity index (χ2v) is 5.41. The molecule has 0 bridgehead atoms. The van der Waals surface area contributed by atoms with Crippen LogP contribution < -0.4 is 4.74 Å². The first-order chi connectivity index (χ1) is 10.1. The largest absolute Gasteiger partial charge is 0.496 e. The number of alkyl halides is 2. The van der Waals surface area contributed by atoms with Gasteiger partial charge < -0.3 is 4.74 Å². The zero-order valence-corrected chi connectivity index (χ0v) is 12.5. The standard InChI is InChI=1S/C13H10F2N2O2S2/c1-19-11-6-8(2-5-12(11)21-13(14)15)10(18)4-3-9-7-20-17-16-9/h2-7,13H,1H3/b4-3+. The van der Waals surface area contributed by atoms with Crippen molar-refractivity contribution in [2.75, 3.05) is 7.11 Å². The van der Waals surface area contributed by atoms with Crippen LogP contribution in [0.25, 0.3) is 6.08 Å². The summed E-state index contributed by atoms with van der Waals surface area (Å²) in [6.45, 7) is 0. The molecule has 2 rings (SSSR count). The number of methoxy groups -OCH3 is 1. The molecule has 2 aromatic rings. The maximum Gasteiger partial charge on any atom is 0.289 e. The van der Waals surface area contributed by atoms with Crippen LogP contribution in [0.15, 0.2) is 34.6 Å². The molecule has 0 N–H and O–H groups in total. The van der Waals surface area contributed by atoms with Crippen LogP contribution in [0.1, 0.15) is 16.1 Å². The molecule has 1 aromatic carbocycles. The number of hydrogen-bond acceptors (Lipinski definition) is 6. The zero-order chi connectivity index (χ0) is 15.2. The Morgan fingerprint density at radius 2 is 2.29 bits per heavy atom. The van der Waals surface area contributed by atoms with Gasteiger partial charge in [0.1, 0.15) is 5.75 Å². The minimum absolute atomic E-state index is 0.245. The van der Waals surface area contributed by atoms with E-state index in [9.17, 15) is 13.6 Å². The van der Waals surface area contributed by atoms with Gasteiger partial charge in [-0.05, 0) is 41.9 Å². The minimum atomic E-state index is -2.54. The topological polar surface area (TPSA) is 52.1 Å². The molecule has 1 heterocycles. The number of carbonyl (C=O) groups excluding carboxylic acids is 1. The van der Waals surface area contributed by atoms with Gasteiger partial charge in [0.2, 0.25) is 0 Å². The first-order valence-electron chi connectivity index (χ1n) is 5.72. The van der Waals surface area contributed by atoms with Crippen molar-refractivity contribution >= 4 is 35.2 Å². The smallest absolute Gasteiger partial charge is 0.289 e. The first kappa shape index (κ1) is 15.6. The number of rotatable bonds is 6. The van der Waals surface area contributed by atoms with E-state index in [4.69, 9.17) is 4.74 Å². The Morgan fingerprint density at radius 1 is 1.48 bits per heavy atom. The van der Waals surface area contributed by atoms with Crippen LogP contribution in [0.4, 0.5) is 8.78 Å². The summed E-state index contributed by atoms with van der Waals surface area (Å²) in [5.41, 5.74) is 0.940. The summed E-state index contributed by atoms with van der Waals surface area (Å²) in [7, 11) is 1.37. The summed E-state index contributed by atoms with van der Waals surface area (Å²) < 4.78 is 33.5. The van der Waals surface area contributed by atoms with E-state index in [1.807, 2.05) is 0 Å². The lowest BCUT2D eigenvalue weighted by molar-refractivity contribution is 0.104. The van der Waals surface area contributed by atoms with Gasteiger partial charge in [-0.1, -0.05) is 16.3 Å². The molecule has 0 aliphatic carbocycles. The van der Waals surface area contributed by atoms with E-state index < -0.39 is 5.76 Å². The number of hydrogen-bond donors (Lipinski definition) is 0. The second-order valence-electron chi connectivity index (χ2n) is 3.77. The molecule has 0 fully saturated rings. The van der Waals surface area contributed by atoms with E-state index in [1.165, 1.54) is 42.9 Å². The summed E-state index contributed by atoms with van der Waals surface area (Å²) in [5, 5.41) is 5.48. The minimum Gasteiger partial charge on any atom is -0.496 e. The molecule has 0 aliphatic heterocycles. The fourth-order valence-corrected chi connectivity index (χ4v) is 2.54. The van der Waals surface area contributed by atoms with Crippen molar-refractivity contribution < 1.29 is 18.3 Å². The maximum atomic E-state index is 12.4. The van der Waals surface area contributed by atoms with Crippen molar-refractivity contribution in [1.82, 2.24) is 9.59 Å². The van der Waals surface area contributed by atoms with Gasteiger partial charge in [-0.2, -0.15) is 8.78 Å². The molecule has 0 saturated carbocycles. The van der Waals surface area contributed by atoms with Crippen LogP contribution in [-0.2, 0) is 0 Å². The SMILES string of the molecule is COc1cc(C(=O)/C=C/c2csnn2)ccc1SC(F)F. The molecule has 0 aliphatic rings. The van der Waals surface area contributed by atoms with Crippen LogP contribution in [0.2, 0.25) is 0 Å². The van der Waals surface area contributed by atoms with E-state index in [1.54, 1.807) is 11.5 Å². The number of thioether (sulfide) groups is 1. The van der Waals surface area contributed by atoms with Gasteiger partial charge in [0, 0.05) is 10.9 Å². The van der Waals surface area contributed by atoms with Crippen molar-refractivity contribution in [2.45, 2.75) is 10.7 Å². The Balaban J connectivity index is 2.18. The molecular formula is C13H10F2N2O2S2. The number of carbonyl (C=O) groups is 1. The van der Waals surface area contributed by atoms with E-state index in [0.29, 0.717) is 23.0 Å². The highest BCUT2D eigenvalue weighted by Gasteiger charge is 2.13. The Hall–Kier alpha value is -1.80. The number of aromatic nitrogens is 2. The highest BCUT2D eigenvalue weighted by molar-refractivity contribution is 7.99. The third-order valence-corrected chi connectivity index (χ3v) is 3.74. The average Bonchev–Trinajstić information content (AvgIpc) is 2.98. The number of halogens is 2. The molecule has 0 unspecified atom stereocenters. The summed E-state index contributed by atoms with van der Waals surface area (Å²) in [6.07, 6.45) is 2.89. The van der Waals surface area contributed by atoms with Crippen LogP contribution in [0.3, 0.4) is 0 Å². The lowest BCUT2D eigenvalue weighted by Crippen LogP contribution is -1.97. The number of benzene rings is 1. The summed E-state index contributed by atoms with van der Waals surface area (Å²) in [5.74, 6) is -2.57. The molecule has 8 heteroatoms. The Labute approximate surface area is 128 Å². The number of nitrogens with zero attached hydrogens (tertiary/aromatic N) is 2. The van der Waals surface area contributed by atoms with Crippen LogP contribution in [0.5, 0.6) is 5.75 Å². The third kappa shape index (κ3) is 4.33. The van der Waals surface area contributed by atoms with Gasteiger partial charge in [0.05, 0.1) is 17.7 Å². The van der Waals surface area contributed by atoms with E-state index in [2.05, 4.69) is 9.59 Å². The molecule has 0 atom stereocenters. The quantitative estimate of drug-likeness (QED) is 0.459. The van der Waals surface area contributed by atoms with Gasteiger partial charge in [0.25, 0.3) is 5.76 Å². The summed E-state index contributed by atoms with van der Waals surface area (Å²) in [6, 6.07) is 4.37. The molecule has 0 spiro atoms. The molecular weight excluding hydrogens is 318 g/mol. The molecule has 110 valence electrons. The van der Waals surface area contributed by atoms with Crippen molar-refractivity contribution in [2.24, 2.45) is 0 Å². The number of ether oxygens (including phenoxy) is 1. The van der Waals surface area contributed by atoms with Crippen LogP contribution in [-0.4, -0.2) is 28.2 Å². The zero-order valence-electron chi connectivity index (χ0n) is 10.8. The molecule has 0 radical (unpaired) electrons. The molecule has 0 saturated heterocycles. The van der Waals surface area contributed by atoms with Crippen LogP contribution in [0, 0.1) is 0 Å². The normalized spacial score (nSPS) is 11.2. The van der Waals surface area contributed by atoms with E-state index in [0.717, 1.165) is 0 Å². The highest BCUT2D eigenvalue weighted by Crippen LogP contribution is 2.34. The second kappa shape index (κ2) is 7.28. The van der Waals surface area contributed by atoms with Crippen molar-refractivity contribution in [3.8, 4) is 5.75 Å². The lowest BCUT2D eigenvalue weighted by Gasteiger charge is -2.08. The van der Waals surface area contributed by atoms with Crippen molar-refractivity contribution in [3.63, 3.8) is 0 Å². The first-order valence-corrected chi connectivity index (χ1v) is 7.44. The Morgan fingerprint density at radius 3 is 2.90 bits per heavy atom. The monoisotopic (exact) mass is 328 g/mol. The van der Waals surface area contributed by atoms with Crippen molar-refractivity contribution in [1.29, 1.82) is 0 Å². The summed E-state index contributed by atoms with van der Waals surface area (Å²) >= 11 is 1.56. The summed E-state index contributed by atoms with van der Waals surface area (Å²) in [4.78, 5) is 12.3. The van der Waals surface area contributed by atoms with E-state index >= 15 is 0 Å². The number of allylic oxidation sites excluding steroid dienone is 1. The molecule has 1 aromatic heterocycles. The molecule has 0 amide bonds. The fraction of sp³-hybridized carbons (Fsp3) is 0.154. The maximum absolute atomic E-state index is 12.4. The van der Waals surface area contributed by atoms with Crippen LogP contribution >= 0.6 is 23.3 Å². The van der Waals surface area contributed by atoms with Crippen molar-refractivity contribution in [3.05, 3.63) is 40.9 Å². The lowest BCUT2D eigenvalue weighted by atomic mass is 10.1. The predicted octanol–water partition coefficient (Wildman–Crippen LogP) is 3.76. The van der Waals surface area contributed by atoms with Gasteiger partial charge in [0.15, 0.2) is 5.78 Å². The Bertz CT molecular complexity index is 646. The highest BCUT2D eigenvalue weighted by atomic mass is 32.2. The Kier molecular flexibility index (Phi) is 5.40. The number of ketones is 1. The predicted molar refractivity (Wildman–Crippen MR) is 78.1 cm³/mol. The van der Waals surface area contributed by atoms with Gasteiger partial charge in [-0.3, -0.25) is 4.79 Å². The molecule has 4 nitrogen and oxygen atoms in total. The third-order valence-electron chi connectivity index (χ3n) is 2.45. The average molecular weight is 328 g/mol. The van der Waals surface area contributed by atoms with Gasteiger partial charge >= 0.3 is 0 Å². The van der Waals surface area contributed by atoms with Gasteiger partial charge in [-0.25, -0.2) is 0 Å². The molecule has 21 heavy (non-hydrogen) atoms. The van der Waals surface area contributed by atoms with E-state index in [-0.39, 0.29) is 16.4 Å². The fourth-order valence-electron chi connectivity index (χ4n) is 1.52.